The van der Waals surface area contributed by atoms with Gasteiger partial charge >= 0.3 is 0 Å². The van der Waals surface area contributed by atoms with E-state index in [0.717, 1.165) is 38.7 Å². The molecule has 5 nitrogen and oxygen atoms in total. The Morgan fingerprint density at radius 1 is 0.816 bits per heavy atom. The van der Waals surface area contributed by atoms with Gasteiger partial charge in [-0.25, -0.2) is 0 Å². The van der Waals surface area contributed by atoms with Gasteiger partial charge in [-0.1, -0.05) is 39.7 Å². The smallest absolute Gasteiger partial charge is 0.174 e. The number of nitrogens with one attached hydrogen (secondary N) is 1. The van der Waals surface area contributed by atoms with E-state index in [1.165, 1.54) is 5.56 Å². The van der Waals surface area contributed by atoms with E-state index < -0.39 is 0 Å². The molecule has 38 heavy (non-hydrogen) atoms. The number of halogens is 1. The van der Waals surface area contributed by atoms with Crippen molar-refractivity contribution in [3.63, 3.8) is 0 Å². The fourth-order valence-corrected chi connectivity index (χ4v) is 5.43. The molecule has 1 saturated heterocycles. The highest BCUT2D eigenvalue weighted by atomic mass is 79.9. The van der Waals surface area contributed by atoms with Gasteiger partial charge in [-0.2, -0.15) is 0 Å². The third-order valence-electron chi connectivity index (χ3n) is 6.66. The van der Waals surface area contributed by atoms with Gasteiger partial charge in [0.15, 0.2) is 5.11 Å². The van der Waals surface area contributed by atoms with E-state index in [1.54, 1.807) is 0 Å². The Morgan fingerprint density at radius 2 is 1.50 bits per heavy atom. The van der Waals surface area contributed by atoms with Crippen molar-refractivity contribution in [2.75, 3.05) is 4.90 Å². The zero-order chi connectivity index (χ0) is 26.1. The first kappa shape index (κ1) is 24.4. The third kappa shape index (κ3) is 4.83. The molecule has 0 aliphatic carbocycles. The van der Waals surface area contributed by atoms with Gasteiger partial charge in [0.05, 0.1) is 11.7 Å². The summed E-state index contributed by atoms with van der Waals surface area (Å²) < 4.78 is 9.32. The summed E-state index contributed by atoms with van der Waals surface area (Å²) in [6.45, 7) is 2.06. The van der Waals surface area contributed by atoms with Gasteiger partial charge in [-0.3, -0.25) is 4.98 Å². The van der Waals surface area contributed by atoms with Gasteiger partial charge in [-0.15, -0.1) is 0 Å². The molecule has 5 aromatic rings. The topological polar surface area (TPSA) is 42.3 Å². The maximum absolute atomic E-state index is 6.07. The molecule has 0 spiro atoms. The van der Waals surface area contributed by atoms with Crippen molar-refractivity contribution < 1.29 is 4.74 Å². The molecule has 2 atom stereocenters. The van der Waals surface area contributed by atoms with Crippen LogP contribution in [0.4, 0.5) is 5.69 Å². The number of rotatable bonds is 6. The summed E-state index contributed by atoms with van der Waals surface area (Å²) in [5.41, 5.74) is 5.29. The van der Waals surface area contributed by atoms with Crippen molar-refractivity contribution >= 4 is 38.9 Å². The van der Waals surface area contributed by atoms with Crippen molar-refractivity contribution in [3.05, 3.63) is 137 Å². The normalized spacial score (nSPS) is 16.9. The monoisotopic (exact) mass is 580 g/mol. The molecule has 0 radical (unpaired) electrons. The van der Waals surface area contributed by atoms with Gasteiger partial charge in [0.2, 0.25) is 0 Å². The zero-order valence-corrected chi connectivity index (χ0v) is 23.1. The van der Waals surface area contributed by atoms with Crippen LogP contribution >= 0.6 is 28.1 Å². The lowest BCUT2D eigenvalue weighted by molar-refractivity contribution is 0.482. The van der Waals surface area contributed by atoms with Crippen LogP contribution in [0.5, 0.6) is 11.5 Å². The van der Waals surface area contributed by atoms with Crippen molar-refractivity contribution in [1.82, 2.24) is 14.9 Å². The number of hydrogen-bond donors (Lipinski definition) is 1. The summed E-state index contributed by atoms with van der Waals surface area (Å²) in [6, 6.07) is 34.4. The Morgan fingerprint density at radius 3 is 2.18 bits per heavy atom. The highest BCUT2D eigenvalue weighted by molar-refractivity contribution is 9.10. The Labute approximate surface area is 235 Å². The molecule has 7 heteroatoms. The molecule has 0 amide bonds. The maximum atomic E-state index is 6.07. The third-order valence-corrected chi connectivity index (χ3v) is 7.50. The van der Waals surface area contributed by atoms with Gasteiger partial charge in [-0.05, 0) is 104 Å². The lowest BCUT2D eigenvalue weighted by Crippen LogP contribution is -2.30. The van der Waals surface area contributed by atoms with Gasteiger partial charge in [0, 0.05) is 33.9 Å². The predicted molar refractivity (Wildman–Crippen MR) is 159 cm³/mol. The van der Waals surface area contributed by atoms with Crippen LogP contribution < -0.4 is 15.0 Å². The molecular formula is C31H25BrN4OS. The first-order valence-electron chi connectivity index (χ1n) is 12.4. The van der Waals surface area contributed by atoms with E-state index >= 15 is 0 Å². The van der Waals surface area contributed by atoms with E-state index in [0.29, 0.717) is 5.11 Å². The first-order chi connectivity index (χ1) is 18.6. The van der Waals surface area contributed by atoms with Crippen LogP contribution in [0.15, 0.2) is 120 Å². The number of thiocarbonyl (C=S) groups is 1. The number of aromatic nitrogens is 2. The molecule has 1 fully saturated rings. The minimum absolute atomic E-state index is 0.125. The number of aryl methyl sites for hydroxylation is 1. The average Bonchev–Trinajstić information content (AvgIpc) is 3.56. The number of ether oxygens (including phenoxy) is 1. The highest BCUT2D eigenvalue weighted by Crippen LogP contribution is 2.42. The Bertz CT molecular complexity index is 1550. The molecule has 1 aliphatic rings. The molecule has 1 N–H and O–H groups in total. The lowest BCUT2D eigenvalue weighted by atomic mass is 10.0. The number of nitrogens with zero attached hydrogens (tertiary/aromatic N) is 3. The summed E-state index contributed by atoms with van der Waals surface area (Å²) >= 11 is 9.47. The summed E-state index contributed by atoms with van der Waals surface area (Å²) in [5, 5.41) is 4.20. The molecule has 0 saturated carbocycles. The molecule has 2 aromatic heterocycles. The van der Waals surface area contributed by atoms with E-state index in [2.05, 4.69) is 97.3 Å². The van der Waals surface area contributed by atoms with Gasteiger partial charge in [0.1, 0.15) is 17.5 Å². The van der Waals surface area contributed by atoms with Crippen molar-refractivity contribution in [2.45, 2.75) is 19.0 Å². The number of benzene rings is 3. The van der Waals surface area contributed by atoms with Crippen LogP contribution in [-0.2, 0) is 0 Å². The van der Waals surface area contributed by atoms with Crippen LogP contribution in [0, 0.1) is 6.92 Å². The minimum Gasteiger partial charge on any atom is -0.457 e. The van der Waals surface area contributed by atoms with E-state index in [4.69, 9.17) is 17.0 Å². The molecule has 3 heterocycles. The van der Waals surface area contributed by atoms with Crippen LogP contribution in [-0.4, -0.2) is 14.7 Å². The molecule has 188 valence electrons. The minimum atomic E-state index is -0.128. The molecule has 0 bridgehead atoms. The molecular weight excluding hydrogens is 556 g/mol. The first-order valence-corrected chi connectivity index (χ1v) is 13.6. The second-order valence-electron chi connectivity index (χ2n) is 9.19. The fourth-order valence-electron chi connectivity index (χ4n) is 4.82. The largest absolute Gasteiger partial charge is 0.457 e. The van der Waals surface area contributed by atoms with Gasteiger partial charge < -0.3 is 19.5 Å². The van der Waals surface area contributed by atoms with E-state index in [-0.39, 0.29) is 12.1 Å². The Hall–Kier alpha value is -3.94. The quantitative estimate of drug-likeness (QED) is 0.207. The van der Waals surface area contributed by atoms with E-state index in [1.807, 2.05) is 60.8 Å². The molecule has 1 aliphatic heterocycles. The van der Waals surface area contributed by atoms with Crippen LogP contribution in [0.3, 0.4) is 0 Å². The van der Waals surface area contributed by atoms with Crippen molar-refractivity contribution in [2.24, 2.45) is 0 Å². The maximum Gasteiger partial charge on any atom is 0.174 e. The predicted octanol–water partition coefficient (Wildman–Crippen LogP) is 7.91. The Balaban J connectivity index is 1.38. The molecule has 0 unspecified atom stereocenters. The number of anilines is 1. The summed E-state index contributed by atoms with van der Waals surface area (Å²) in [6.07, 6.45) is 3.91. The standard InChI is InChI=1S/C31H25BrN4OS/c1-21-7-15-25(16-8-21)37-26-17-13-24(14-18-26)36-30(29(34-31(36)38)27-5-2-3-19-33-27)28-6-4-20-35(28)23-11-9-22(32)10-12-23/h2-20,29-30H,1H3,(H,34,38)/t29-,30-/m1/s1. The summed E-state index contributed by atoms with van der Waals surface area (Å²) in [4.78, 5) is 6.86. The second-order valence-corrected chi connectivity index (χ2v) is 10.5. The summed E-state index contributed by atoms with van der Waals surface area (Å²) in [7, 11) is 0. The van der Waals surface area contributed by atoms with Crippen molar-refractivity contribution in [1.29, 1.82) is 0 Å². The zero-order valence-electron chi connectivity index (χ0n) is 20.7. The summed E-state index contributed by atoms with van der Waals surface area (Å²) in [5.74, 6) is 1.58. The van der Waals surface area contributed by atoms with Crippen LogP contribution in [0.1, 0.15) is 29.0 Å². The number of pyridine rings is 1. The van der Waals surface area contributed by atoms with Gasteiger partial charge in [0.25, 0.3) is 0 Å². The fraction of sp³-hybridized carbons (Fsp3) is 0.0968. The highest BCUT2D eigenvalue weighted by Gasteiger charge is 2.42. The second kappa shape index (κ2) is 10.4. The van der Waals surface area contributed by atoms with E-state index in [9.17, 15) is 0 Å². The Kier molecular flexibility index (Phi) is 6.70. The SMILES string of the molecule is Cc1ccc(Oc2ccc(N3C(=S)N[C@H](c4ccccn4)[C@H]3c3cccn3-c3ccc(Br)cc3)cc2)cc1. The number of hydrogen-bond acceptors (Lipinski definition) is 3. The molecule has 3 aromatic carbocycles. The average molecular weight is 582 g/mol. The molecule has 6 rings (SSSR count). The van der Waals surface area contributed by atoms with Crippen LogP contribution in [0.2, 0.25) is 0 Å². The van der Waals surface area contributed by atoms with Crippen molar-refractivity contribution in [3.8, 4) is 17.2 Å². The van der Waals surface area contributed by atoms with Crippen LogP contribution in [0.25, 0.3) is 5.69 Å². The lowest BCUT2D eigenvalue weighted by Gasteiger charge is -2.29.